The Morgan fingerprint density at radius 1 is 1.18 bits per heavy atom. The molecule has 1 atom stereocenters. The second-order valence-corrected chi connectivity index (χ2v) is 9.39. The minimum absolute atomic E-state index is 0.0327. The molecule has 2 aromatic rings. The first-order chi connectivity index (χ1) is 16.5. The number of nitrogens with zero attached hydrogens (tertiary/aromatic N) is 1. The summed E-state index contributed by atoms with van der Waals surface area (Å²) in [4.78, 5) is 14.4. The van der Waals surface area contributed by atoms with Gasteiger partial charge in [0.2, 0.25) is 0 Å². The van der Waals surface area contributed by atoms with E-state index in [1.54, 1.807) is 11.0 Å². The Bertz CT molecular complexity index is 991. The summed E-state index contributed by atoms with van der Waals surface area (Å²) in [5, 5.41) is 12.7. The molecule has 1 unspecified atom stereocenters. The predicted octanol–water partition coefficient (Wildman–Crippen LogP) is 4.75. The maximum absolute atomic E-state index is 14.2. The molecule has 1 aliphatic carbocycles. The first-order valence-corrected chi connectivity index (χ1v) is 12.3. The van der Waals surface area contributed by atoms with Gasteiger partial charge >= 0.3 is 0 Å². The molecule has 2 aliphatic rings. The van der Waals surface area contributed by atoms with Crippen molar-refractivity contribution in [2.45, 2.75) is 51.7 Å². The Labute approximate surface area is 201 Å². The van der Waals surface area contributed by atoms with Crippen LogP contribution in [-0.4, -0.2) is 48.8 Å². The molecule has 4 rings (SSSR count). The zero-order chi connectivity index (χ0) is 24.1. The normalized spacial score (nSPS) is 20.8. The van der Waals surface area contributed by atoms with Gasteiger partial charge in [-0.05, 0) is 74.8 Å². The molecular weight excluding hydrogens is 435 g/mol. The van der Waals surface area contributed by atoms with E-state index < -0.39 is 11.6 Å². The van der Waals surface area contributed by atoms with Crippen molar-refractivity contribution in [1.29, 1.82) is 0 Å². The van der Waals surface area contributed by atoms with E-state index >= 15 is 0 Å². The molecule has 6 nitrogen and oxygen atoms in total. The third-order valence-electron chi connectivity index (χ3n) is 7.08. The lowest BCUT2D eigenvalue weighted by Crippen LogP contribution is -2.35. The molecule has 184 valence electrons. The molecule has 0 bridgehead atoms. The molecule has 1 saturated carbocycles. The largest absolute Gasteiger partial charge is 0.505 e. The summed E-state index contributed by atoms with van der Waals surface area (Å²) in [6.07, 6.45) is 5.21. The van der Waals surface area contributed by atoms with Gasteiger partial charge in [-0.1, -0.05) is 19.1 Å². The van der Waals surface area contributed by atoms with Gasteiger partial charge in [0.15, 0.2) is 11.6 Å². The van der Waals surface area contributed by atoms with Gasteiger partial charge in [0.1, 0.15) is 24.2 Å². The van der Waals surface area contributed by atoms with Crippen LogP contribution in [0, 0.1) is 17.7 Å². The topological polar surface area (TPSA) is 71.0 Å². The molecule has 1 heterocycles. The van der Waals surface area contributed by atoms with E-state index in [4.69, 9.17) is 9.47 Å². The van der Waals surface area contributed by atoms with Gasteiger partial charge in [0.05, 0.1) is 5.56 Å². The lowest BCUT2D eigenvalue weighted by molar-refractivity contribution is 0.0653. The first kappa shape index (κ1) is 24.3. The number of phenols is 1. The molecule has 1 fully saturated rings. The third kappa shape index (κ3) is 5.46. The number of carbonyl (C=O) groups excluding carboxylic acids is 1. The smallest absolute Gasteiger partial charge is 0.257 e. The van der Waals surface area contributed by atoms with Crippen molar-refractivity contribution in [3.63, 3.8) is 0 Å². The Balaban J connectivity index is 1.29. The quantitative estimate of drug-likeness (QED) is 0.491. The fraction of sp³-hybridized carbons (Fsp3) is 0.519. The van der Waals surface area contributed by atoms with Crippen LogP contribution in [0.3, 0.4) is 0 Å². The van der Waals surface area contributed by atoms with Crippen LogP contribution in [-0.2, 0) is 6.54 Å². The number of nitrogens with one attached hydrogen (secondary N) is 1. The van der Waals surface area contributed by atoms with E-state index in [0.717, 1.165) is 50.1 Å². The minimum atomic E-state index is -0.798. The standard InChI is InChI=1S/C27H35FN2O4/c1-3-24(34-22-6-4-5-21(15-22)33-14-13-29-2)19-9-7-18(8-10-19)16-30-17-20-11-12-23(31)26(28)25(20)27(30)32/h4-6,11-12,15,18-19,24,29,31H,3,7-10,13-14,16-17H2,1-2H3. The molecule has 0 saturated heterocycles. The maximum Gasteiger partial charge on any atom is 0.257 e. The summed E-state index contributed by atoms with van der Waals surface area (Å²) < 4.78 is 26.4. The molecule has 1 amide bonds. The highest BCUT2D eigenvalue weighted by Gasteiger charge is 2.35. The fourth-order valence-corrected chi connectivity index (χ4v) is 5.20. The monoisotopic (exact) mass is 470 g/mol. The maximum atomic E-state index is 14.2. The lowest BCUT2D eigenvalue weighted by Gasteiger charge is -2.35. The number of hydrogen-bond acceptors (Lipinski definition) is 5. The van der Waals surface area contributed by atoms with Gasteiger partial charge in [-0.25, -0.2) is 4.39 Å². The average Bonchev–Trinajstić information content (AvgIpc) is 3.16. The second kappa shape index (κ2) is 11.1. The van der Waals surface area contributed by atoms with Gasteiger partial charge < -0.3 is 24.8 Å². The predicted molar refractivity (Wildman–Crippen MR) is 129 cm³/mol. The number of halogens is 1. The van der Waals surface area contributed by atoms with Crippen LogP contribution in [0.2, 0.25) is 0 Å². The van der Waals surface area contributed by atoms with Crippen LogP contribution < -0.4 is 14.8 Å². The van der Waals surface area contributed by atoms with Crippen LogP contribution in [0.15, 0.2) is 36.4 Å². The van der Waals surface area contributed by atoms with Crippen molar-refractivity contribution in [2.24, 2.45) is 11.8 Å². The third-order valence-corrected chi connectivity index (χ3v) is 7.08. The van der Waals surface area contributed by atoms with Crippen LogP contribution in [0.1, 0.15) is 54.9 Å². The Kier molecular flexibility index (Phi) is 7.93. The molecular formula is C27H35FN2O4. The van der Waals surface area contributed by atoms with E-state index in [0.29, 0.717) is 37.1 Å². The molecule has 0 spiro atoms. The molecule has 0 aromatic heterocycles. The van der Waals surface area contributed by atoms with E-state index in [1.807, 2.05) is 31.3 Å². The van der Waals surface area contributed by atoms with Gasteiger partial charge in [-0.15, -0.1) is 0 Å². The summed E-state index contributed by atoms with van der Waals surface area (Å²) in [6, 6.07) is 10.8. The summed E-state index contributed by atoms with van der Waals surface area (Å²) in [7, 11) is 1.90. The number of carbonyl (C=O) groups is 1. The van der Waals surface area contributed by atoms with Crippen LogP contribution in [0.5, 0.6) is 17.2 Å². The van der Waals surface area contributed by atoms with E-state index in [9.17, 15) is 14.3 Å². The van der Waals surface area contributed by atoms with Crippen molar-refractivity contribution in [3.8, 4) is 17.2 Å². The fourth-order valence-electron chi connectivity index (χ4n) is 5.20. The Morgan fingerprint density at radius 2 is 1.94 bits per heavy atom. The summed E-state index contributed by atoms with van der Waals surface area (Å²) >= 11 is 0. The zero-order valence-corrected chi connectivity index (χ0v) is 20.1. The number of amides is 1. The van der Waals surface area contributed by atoms with Crippen molar-refractivity contribution in [1.82, 2.24) is 10.2 Å². The molecule has 2 aromatic carbocycles. The number of ether oxygens (including phenoxy) is 2. The Hall–Kier alpha value is -2.80. The van der Waals surface area contributed by atoms with Crippen molar-refractivity contribution in [2.75, 3.05) is 26.7 Å². The number of benzene rings is 2. The minimum Gasteiger partial charge on any atom is -0.505 e. The van der Waals surface area contributed by atoms with Gasteiger partial charge in [-0.3, -0.25) is 4.79 Å². The van der Waals surface area contributed by atoms with Gasteiger partial charge in [0.25, 0.3) is 5.91 Å². The highest BCUT2D eigenvalue weighted by atomic mass is 19.1. The van der Waals surface area contributed by atoms with E-state index in [-0.39, 0.29) is 17.6 Å². The van der Waals surface area contributed by atoms with Crippen molar-refractivity contribution >= 4 is 5.91 Å². The first-order valence-electron chi connectivity index (χ1n) is 12.3. The molecule has 0 radical (unpaired) electrons. The van der Waals surface area contributed by atoms with Gasteiger partial charge in [0, 0.05) is 25.7 Å². The zero-order valence-electron chi connectivity index (χ0n) is 20.1. The van der Waals surface area contributed by atoms with Crippen LogP contribution in [0.4, 0.5) is 4.39 Å². The number of fused-ring (bicyclic) bond motifs is 1. The number of likely N-dealkylation sites (N-methyl/N-ethyl adjacent to an activating group) is 1. The second-order valence-electron chi connectivity index (χ2n) is 9.39. The SMILES string of the molecule is CCC(Oc1cccc(OCCNC)c1)C1CCC(CN2Cc3ccc(O)c(F)c3C2=O)CC1. The summed E-state index contributed by atoms with van der Waals surface area (Å²) in [6.45, 7) is 4.61. The van der Waals surface area contributed by atoms with E-state index in [2.05, 4.69) is 12.2 Å². The number of phenolic OH excluding ortho intramolecular Hbond substituents is 1. The van der Waals surface area contributed by atoms with Crippen LogP contribution in [0.25, 0.3) is 0 Å². The number of aromatic hydroxyl groups is 1. The van der Waals surface area contributed by atoms with Gasteiger partial charge in [-0.2, -0.15) is 0 Å². The summed E-state index contributed by atoms with van der Waals surface area (Å²) in [5.74, 6) is 0.943. The molecule has 1 aliphatic heterocycles. The molecule has 2 N–H and O–H groups in total. The van der Waals surface area contributed by atoms with Crippen molar-refractivity contribution < 1.29 is 23.8 Å². The van der Waals surface area contributed by atoms with Crippen molar-refractivity contribution in [3.05, 3.63) is 53.3 Å². The highest BCUT2D eigenvalue weighted by molar-refractivity contribution is 5.99. The lowest BCUT2D eigenvalue weighted by atomic mass is 9.78. The van der Waals surface area contributed by atoms with E-state index in [1.165, 1.54) is 6.07 Å². The average molecular weight is 471 g/mol. The molecule has 7 heteroatoms. The highest BCUT2D eigenvalue weighted by Crippen LogP contribution is 2.36. The Morgan fingerprint density at radius 3 is 2.68 bits per heavy atom. The van der Waals surface area contributed by atoms with Crippen LogP contribution >= 0.6 is 0 Å². The molecule has 34 heavy (non-hydrogen) atoms. The summed E-state index contributed by atoms with van der Waals surface area (Å²) in [5.41, 5.74) is 0.691. The number of hydrogen-bond donors (Lipinski definition) is 2. The number of rotatable bonds is 10.